The zero-order chi connectivity index (χ0) is 30.3. The second-order valence-electron chi connectivity index (χ2n) is 11.5. The van der Waals surface area contributed by atoms with E-state index in [1.165, 1.54) is 0 Å². The standard InChI is InChI=1S/C35H40N2O6.ClH/c1-24(2)23-42-28-13-14-30(25(3)21-28)33(38)31-32(26-9-7-12-29(22-26)43-27-10-5-4-6-11-27)37(35(40)34(31)39)16-8-15-36-17-19-41-20-18-36;/h4-7,9-14,21-22,24,32,38H,8,15-20,23H2,1-3H3;1H/b33-31+;. The molecule has 2 saturated heterocycles. The molecule has 234 valence electrons. The van der Waals surface area contributed by atoms with Crippen LogP contribution in [0, 0.1) is 12.8 Å². The van der Waals surface area contributed by atoms with Gasteiger partial charge in [0.25, 0.3) is 11.7 Å². The Morgan fingerprint density at radius 3 is 2.36 bits per heavy atom. The van der Waals surface area contributed by atoms with E-state index in [0.717, 1.165) is 25.2 Å². The fraction of sp³-hybridized carbons (Fsp3) is 0.371. The highest BCUT2D eigenvalue weighted by molar-refractivity contribution is 6.46. The molecular weight excluding hydrogens is 580 g/mol. The number of benzene rings is 3. The highest BCUT2D eigenvalue weighted by atomic mass is 35.5. The highest BCUT2D eigenvalue weighted by Gasteiger charge is 2.46. The first-order valence-electron chi connectivity index (χ1n) is 15.0. The van der Waals surface area contributed by atoms with Gasteiger partial charge in [0.05, 0.1) is 31.4 Å². The number of aliphatic hydroxyl groups is 1. The summed E-state index contributed by atoms with van der Waals surface area (Å²) in [4.78, 5) is 31.0. The lowest BCUT2D eigenvalue weighted by Crippen LogP contribution is -2.38. The second-order valence-corrected chi connectivity index (χ2v) is 11.5. The van der Waals surface area contributed by atoms with Crippen LogP contribution in [0.4, 0.5) is 0 Å². The topological polar surface area (TPSA) is 88.5 Å². The quantitative estimate of drug-likeness (QED) is 0.151. The maximum absolute atomic E-state index is 13.6. The van der Waals surface area contributed by atoms with Gasteiger partial charge in [0.15, 0.2) is 0 Å². The summed E-state index contributed by atoms with van der Waals surface area (Å²) >= 11 is 0. The number of carbonyl (C=O) groups excluding carboxylic acids is 2. The van der Waals surface area contributed by atoms with Crippen LogP contribution in [0.15, 0.2) is 78.4 Å². The Balaban J connectivity index is 0.00000442. The Kier molecular flexibility index (Phi) is 11.4. The van der Waals surface area contributed by atoms with Crippen molar-refractivity contribution in [2.24, 2.45) is 5.92 Å². The van der Waals surface area contributed by atoms with E-state index in [4.69, 9.17) is 14.2 Å². The molecule has 8 nitrogen and oxygen atoms in total. The summed E-state index contributed by atoms with van der Waals surface area (Å²) in [5, 5.41) is 11.7. The monoisotopic (exact) mass is 620 g/mol. The number of morpholine rings is 1. The molecule has 0 bridgehead atoms. The Hall–Kier alpha value is -3.85. The molecule has 1 atom stereocenters. The summed E-state index contributed by atoms with van der Waals surface area (Å²) in [5.74, 6) is 0.810. The molecule has 44 heavy (non-hydrogen) atoms. The van der Waals surface area contributed by atoms with Gasteiger partial charge < -0.3 is 24.2 Å². The van der Waals surface area contributed by atoms with Crippen LogP contribution in [-0.2, 0) is 14.3 Å². The van der Waals surface area contributed by atoms with Gasteiger partial charge in [-0.15, -0.1) is 12.4 Å². The first-order valence-corrected chi connectivity index (χ1v) is 15.0. The summed E-state index contributed by atoms with van der Waals surface area (Å²) in [5.41, 5.74) is 2.00. The van der Waals surface area contributed by atoms with E-state index in [9.17, 15) is 14.7 Å². The first kappa shape index (κ1) is 33.1. The van der Waals surface area contributed by atoms with Crippen LogP contribution in [-0.4, -0.2) is 72.6 Å². The zero-order valence-corrected chi connectivity index (χ0v) is 26.3. The Morgan fingerprint density at radius 2 is 1.66 bits per heavy atom. The maximum Gasteiger partial charge on any atom is 0.295 e. The number of Topliss-reactive ketones (excluding diaryl/α,β-unsaturated/α-hetero) is 1. The van der Waals surface area contributed by atoms with Crippen LogP contribution < -0.4 is 9.47 Å². The second kappa shape index (κ2) is 15.2. The minimum Gasteiger partial charge on any atom is -0.507 e. The molecule has 0 aliphatic carbocycles. The molecule has 2 fully saturated rings. The number of aryl methyl sites for hydroxylation is 1. The number of halogens is 1. The van der Waals surface area contributed by atoms with Crippen molar-refractivity contribution in [1.29, 1.82) is 0 Å². The number of amides is 1. The van der Waals surface area contributed by atoms with Crippen LogP contribution in [0.1, 0.15) is 43.0 Å². The van der Waals surface area contributed by atoms with Gasteiger partial charge in [0.1, 0.15) is 23.0 Å². The molecule has 1 unspecified atom stereocenters. The maximum atomic E-state index is 13.6. The largest absolute Gasteiger partial charge is 0.507 e. The zero-order valence-electron chi connectivity index (χ0n) is 25.5. The number of ketones is 1. The van der Waals surface area contributed by atoms with E-state index in [1.54, 1.807) is 17.0 Å². The van der Waals surface area contributed by atoms with Crippen molar-refractivity contribution >= 4 is 29.9 Å². The highest BCUT2D eigenvalue weighted by Crippen LogP contribution is 2.41. The van der Waals surface area contributed by atoms with Gasteiger partial charge in [-0.05, 0) is 72.9 Å². The number of nitrogens with zero attached hydrogens (tertiary/aromatic N) is 2. The number of para-hydroxylation sites is 1. The average Bonchev–Trinajstić information content (AvgIpc) is 3.26. The third kappa shape index (κ3) is 7.80. The lowest BCUT2D eigenvalue weighted by molar-refractivity contribution is -0.140. The summed E-state index contributed by atoms with van der Waals surface area (Å²) in [6.45, 7) is 10.8. The number of likely N-dealkylation sites (tertiary alicyclic amines) is 1. The number of hydrogen-bond donors (Lipinski definition) is 1. The summed E-state index contributed by atoms with van der Waals surface area (Å²) in [6, 6.07) is 21.4. The molecule has 0 saturated carbocycles. The van der Waals surface area contributed by atoms with Crippen molar-refractivity contribution < 1.29 is 28.9 Å². The summed E-state index contributed by atoms with van der Waals surface area (Å²) < 4.78 is 17.4. The predicted molar refractivity (Wildman–Crippen MR) is 173 cm³/mol. The number of aliphatic hydroxyl groups excluding tert-OH is 1. The van der Waals surface area contributed by atoms with E-state index in [2.05, 4.69) is 18.7 Å². The SMILES string of the molecule is Cc1cc(OCC(C)C)ccc1/C(O)=C1\C(=O)C(=O)N(CCCN2CCOCC2)C1c1cccc(Oc2ccccc2)c1.Cl. The van der Waals surface area contributed by atoms with Crippen molar-refractivity contribution in [2.75, 3.05) is 46.0 Å². The molecule has 5 rings (SSSR count). The minimum absolute atomic E-state index is 0. The van der Waals surface area contributed by atoms with Crippen LogP contribution in [0.2, 0.25) is 0 Å². The van der Waals surface area contributed by atoms with E-state index >= 15 is 0 Å². The minimum atomic E-state index is -0.764. The first-order chi connectivity index (χ1) is 20.8. The molecule has 2 heterocycles. The molecule has 0 aromatic heterocycles. The molecule has 0 spiro atoms. The van der Waals surface area contributed by atoms with Gasteiger partial charge >= 0.3 is 0 Å². The number of hydrogen-bond acceptors (Lipinski definition) is 7. The number of carbonyl (C=O) groups is 2. The molecule has 2 aliphatic heterocycles. The molecule has 3 aromatic carbocycles. The summed E-state index contributed by atoms with van der Waals surface area (Å²) in [7, 11) is 0. The molecular formula is C35H41ClN2O6. The van der Waals surface area contributed by atoms with Gasteiger partial charge in [-0.25, -0.2) is 0 Å². The van der Waals surface area contributed by atoms with Crippen LogP contribution in [0.25, 0.3) is 5.76 Å². The molecule has 9 heteroatoms. The van der Waals surface area contributed by atoms with Gasteiger partial charge in [-0.1, -0.05) is 44.2 Å². The van der Waals surface area contributed by atoms with Crippen LogP contribution in [0.5, 0.6) is 17.2 Å². The van der Waals surface area contributed by atoms with Gasteiger partial charge in [-0.3, -0.25) is 14.5 Å². The Morgan fingerprint density at radius 1 is 0.932 bits per heavy atom. The van der Waals surface area contributed by atoms with E-state index in [-0.39, 0.29) is 23.7 Å². The molecule has 1 amide bonds. The van der Waals surface area contributed by atoms with Gasteiger partial charge in [0.2, 0.25) is 0 Å². The van der Waals surface area contributed by atoms with Gasteiger partial charge in [0, 0.05) is 31.7 Å². The molecule has 0 radical (unpaired) electrons. The normalized spacial score (nSPS) is 18.4. The Labute approximate surface area is 265 Å². The summed E-state index contributed by atoms with van der Waals surface area (Å²) in [6.07, 6.45) is 0.685. The van der Waals surface area contributed by atoms with Crippen molar-refractivity contribution in [3.05, 3.63) is 95.1 Å². The average molecular weight is 621 g/mol. The van der Waals surface area contributed by atoms with Crippen molar-refractivity contribution in [3.63, 3.8) is 0 Å². The fourth-order valence-electron chi connectivity index (χ4n) is 5.52. The third-order valence-electron chi connectivity index (χ3n) is 7.71. The number of ether oxygens (including phenoxy) is 3. The van der Waals surface area contributed by atoms with Crippen molar-refractivity contribution in [2.45, 2.75) is 33.2 Å². The lowest BCUT2D eigenvalue weighted by atomic mass is 9.93. The smallest absolute Gasteiger partial charge is 0.295 e. The van der Waals surface area contributed by atoms with E-state index < -0.39 is 17.7 Å². The van der Waals surface area contributed by atoms with Crippen LogP contribution >= 0.6 is 12.4 Å². The molecule has 3 aromatic rings. The van der Waals surface area contributed by atoms with E-state index in [1.807, 2.05) is 67.6 Å². The Bertz CT molecular complexity index is 1470. The fourth-order valence-corrected chi connectivity index (χ4v) is 5.52. The molecule has 1 N–H and O–H groups in total. The third-order valence-corrected chi connectivity index (χ3v) is 7.71. The number of rotatable bonds is 11. The van der Waals surface area contributed by atoms with Crippen LogP contribution in [0.3, 0.4) is 0 Å². The predicted octanol–water partition coefficient (Wildman–Crippen LogP) is 6.39. The van der Waals surface area contributed by atoms with E-state index in [0.29, 0.717) is 67.1 Å². The molecule has 2 aliphatic rings. The lowest BCUT2D eigenvalue weighted by Gasteiger charge is -2.29. The van der Waals surface area contributed by atoms with Gasteiger partial charge in [-0.2, -0.15) is 0 Å². The van der Waals surface area contributed by atoms with Crippen molar-refractivity contribution in [3.8, 4) is 17.2 Å². The van der Waals surface area contributed by atoms with Crippen molar-refractivity contribution in [1.82, 2.24) is 9.80 Å².